The van der Waals surface area contributed by atoms with Gasteiger partial charge in [-0.2, -0.15) is 0 Å². The Morgan fingerprint density at radius 2 is 1.62 bits per heavy atom. The van der Waals surface area contributed by atoms with E-state index in [1.54, 1.807) is 0 Å². The minimum Gasteiger partial charge on any atom is -0.120 e. The van der Waals surface area contributed by atoms with Crippen LogP contribution in [0.25, 0.3) is 0 Å². The van der Waals surface area contributed by atoms with E-state index in [-0.39, 0.29) is 0 Å². The molecule has 0 unspecified atom stereocenters. The molecular weight excluding hydrogens is 156 g/mol. The smallest absolute Gasteiger partial charge is 0.0127 e. The minimum absolute atomic E-state index is 0.840. The lowest BCUT2D eigenvalue weighted by Gasteiger charge is -2.00. The van der Waals surface area contributed by atoms with Gasteiger partial charge < -0.3 is 0 Å². The Bertz CT molecular complexity index is 274. The largest absolute Gasteiger partial charge is 0.120 e. The van der Waals surface area contributed by atoms with Gasteiger partial charge in [0.05, 0.1) is 0 Å². The van der Waals surface area contributed by atoms with Gasteiger partial charge in [-0.1, -0.05) is 37.6 Å². The Morgan fingerprint density at radius 3 is 2.08 bits per heavy atom. The molecule has 1 rings (SSSR count). The normalized spacial score (nSPS) is 9.54. The summed E-state index contributed by atoms with van der Waals surface area (Å²) in [6.07, 6.45) is 9.44. The van der Waals surface area contributed by atoms with Gasteiger partial charge in [0.1, 0.15) is 0 Å². The first-order valence-corrected chi connectivity index (χ1v) is 4.88. The summed E-state index contributed by atoms with van der Waals surface area (Å²) in [5.41, 5.74) is 2.77. The molecule has 0 N–H and O–H groups in total. The highest BCUT2D eigenvalue weighted by molar-refractivity contribution is 5.23. The summed E-state index contributed by atoms with van der Waals surface area (Å²) in [4.78, 5) is 0. The zero-order chi connectivity index (χ0) is 9.52. The van der Waals surface area contributed by atoms with Crippen molar-refractivity contribution in [2.45, 2.75) is 32.6 Å². The molecule has 0 aromatic heterocycles. The lowest BCUT2D eigenvalue weighted by molar-refractivity contribution is 0.918. The van der Waals surface area contributed by atoms with E-state index < -0.39 is 0 Å². The Hall–Kier alpha value is -1.22. The number of benzene rings is 1. The van der Waals surface area contributed by atoms with Crippen LogP contribution in [0.2, 0.25) is 0 Å². The van der Waals surface area contributed by atoms with E-state index in [2.05, 4.69) is 37.1 Å². The lowest BCUT2D eigenvalue weighted by atomic mass is 10.1. The summed E-state index contributed by atoms with van der Waals surface area (Å²) in [6.45, 7) is 2.20. The third kappa shape index (κ3) is 3.34. The fourth-order valence-corrected chi connectivity index (χ4v) is 1.38. The quantitative estimate of drug-likeness (QED) is 0.612. The first-order chi connectivity index (χ1) is 6.36. The molecule has 0 aliphatic heterocycles. The summed E-state index contributed by atoms with van der Waals surface area (Å²) in [5, 5.41) is 0. The van der Waals surface area contributed by atoms with Crippen LogP contribution >= 0.6 is 0 Å². The van der Waals surface area contributed by atoms with E-state index in [1.165, 1.54) is 24.0 Å². The molecule has 0 saturated carbocycles. The van der Waals surface area contributed by atoms with E-state index in [1.807, 2.05) is 0 Å². The second kappa shape index (κ2) is 5.43. The fourth-order valence-electron chi connectivity index (χ4n) is 1.38. The molecule has 0 bridgehead atoms. The molecule has 68 valence electrons. The van der Waals surface area contributed by atoms with E-state index in [0.717, 1.165) is 12.8 Å². The maximum Gasteiger partial charge on any atom is 0.0127 e. The fraction of sp³-hybridized carbons (Fsp3) is 0.385. The van der Waals surface area contributed by atoms with Crippen molar-refractivity contribution < 1.29 is 0 Å². The van der Waals surface area contributed by atoms with Crippen LogP contribution in [0.15, 0.2) is 24.3 Å². The van der Waals surface area contributed by atoms with Gasteiger partial charge >= 0.3 is 0 Å². The highest BCUT2D eigenvalue weighted by atomic mass is 14.0. The third-order valence-electron chi connectivity index (χ3n) is 2.12. The molecule has 0 heteroatoms. The van der Waals surface area contributed by atoms with Crippen LogP contribution in [0.1, 0.15) is 30.9 Å². The third-order valence-corrected chi connectivity index (χ3v) is 2.12. The summed E-state index contributed by atoms with van der Waals surface area (Å²) in [5.74, 6) is 2.66. The standard InChI is InChI=1S/C13H16/c1-3-5-7-13-10-8-12(6-4-2)9-11-13/h1,8-11H,4-7H2,2H3. The topological polar surface area (TPSA) is 0 Å². The van der Waals surface area contributed by atoms with Crippen molar-refractivity contribution in [1.82, 2.24) is 0 Å². The van der Waals surface area contributed by atoms with Gasteiger partial charge in [0.15, 0.2) is 0 Å². The van der Waals surface area contributed by atoms with Gasteiger partial charge in [0.2, 0.25) is 0 Å². The van der Waals surface area contributed by atoms with Crippen molar-refractivity contribution in [3.63, 3.8) is 0 Å². The van der Waals surface area contributed by atoms with E-state index in [0.29, 0.717) is 0 Å². The molecule has 1 aromatic rings. The number of terminal acetylenes is 1. The molecule has 13 heavy (non-hydrogen) atoms. The molecular formula is C13H16. The number of aryl methyl sites for hydroxylation is 2. The molecule has 0 aliphatic rings. The average molecular weight is 172 g/mol. The molecule has 0 saturated heterocycles. The van der Waals surface area contributed by atoms with E-state index in [4.69, 9.17) is 6.42 Å². The van der Waals surface area contributed by atoms with Crippen molar-refractivity contribution in [1.29, 1.82) is 0 Å². The number of hydrogen-bond donors (Lipinski definition) is 0. The number of hydrogen-bond acceptors (Lipinski definition) is 0. The summed E-state index contributed by atoms with van der Waals surface area (Å²) in [6, 6.07) is 8.77. The molecule has 0 nitrogen and oxygen atoms in total. The van der Waals surface area contributed by atoms with Crippen molar-refractivity contribution in [3.8, 4) is 12.3 Å². The maximum atomic E-state index is 5.20. The Kier molecular flexibility index (Phi) is 4.12. The highest BCUT2D eigenvalue weighted by Crippen LogP contribution is 2.08. The van der Waals surface area contributed by atoms with Gasteiger partial charge in [0.25, 0.3) is 0 Å². The van der Waals surface area contributed by atoms with Gasteiger partial charge in [0, 0.05) is 6.42 Å². The zero-order valence-corrected chi connectivity index (χ0v) is 8.22. The van der Waals surface area contributed by atoms with E-state index in [9.17, 15) is 0 Å². The molecule has 1 aromatic carbocycles. The SMILES string of the molecule is C#CCCc1ccc(CCC)cc1. The van der Waals surface area contributed by atoms with Crippen LogP contribution in [-0.4, -0.2) is 0 Å². The highest BCUT2D eigenvalue weighted by Gasteiger charge is 1.92. The summed E-state index contributed by atoms with van der Waals surface area (Å²) in [7, 11) is 0. The van der Waals surface area contributed by atoms with Gasteiger partial charge in [-0.3, -0.25) is 0 Å². The van der Waals surface area contributed by atoms with Crippen molar-refractivity contribution in [2.75, 3.05) is 0 Å². The molecule has 0 amide bonds. The second-order valence-corrected chi connectivity index (χ2v) is 3.27. The molecule has 0 fully saturated rings. The summed E-state index contributed by atoms with van der Waals surface area (Å²) < 4.78 is 0. The van der Waals surface area contributed by atoms with Gasteiger partial charge in [-0.25, -0.2) is 0 Å². The predicted octanol–water partition coefficient (Wildman–Crippen LogP) is 3.20. The Balaban J connectivity index is 2.54. The van der Waals surface area contributed by atoms with Crippen LogP contribution < -0.4 is 0 Å². The van der Waals surface area contributed by atoms with Crippen LogP contribution in [0.3, 0.4) is 0 Å². The predicted molar refractivity (Wildman–Crippen MR) is 57.6 cm³/mol. The number of rotatable bonds is 4. The van der Waals surface area contributed by atoms with Crippen molar-refractivity contribution in [2.24, 2.45) is 0 Å². The molecule has 0 radical (unpaired) electrons. The van der Waals surface area contributed by atoms with E-state index >= 15 is 0 Å². The van der Waals surface area contributed by atoms with Crippen LogP contribution in [0.5, 0.6) is 0 Å². The maximum absolute atomic E-state index is 5.20. The Labute approximate surface area is 81.0 Å². The minimum atomic E-state index is 0.840. The van der Waals surface area contributed by atoms with Gasteiger partial charge in [-0.15, -0.1) is 12.3 Å². The van der Waals surface area contributed by atoms with Crippen LogP contribution in [-0.2, 0) is 12.8 Å². The molecule has 0 spiro atoms. The Morgan fingerprint density at radius 1 is 1.08 bits per heavy atom. The first kappa shape index (κ1) is 9.86. The average Bonchev–Trinajstić information content (AvgIpc) is 2.17. The lowest BCUT2D eigenvalue weighted by Crippen LogP contribution is -1.86. The van der Waals surface area contributed by atoms with Crippen molar-refractivity contribution in [3.05, 3.63) is 35.4 Å². The van der Waals surface area contributed by atoms with Crippen LogP contribution in [0, 0.1) is 12.3 Å². The molecule has 0 atom stereocenters. The first-order valence-electron chi connectivity index (χ1n) is 4.88. The van der Waals surface area contributed by atoms with Crippen molar-refractivity contribution >= 4 is 0 Å². The monoisotopic (exact) mass is 172 g/mol. The van der Waals surface area contributed by atoms with Crippen LogP contribution in [0.4, 0.5) is 0 Å². The summed E-state index contributed by atoms with van der Waals surface area (Å²) >= 11 is 0. The molecule has 0 heterocycles. The van der Waals surface area contributed by atoms with Gasteiger partial charge in [-0.05, 0) is 24.0 Å². The molecule has 0 aliphatic carbocycles. The zero-order valence-electron chi connectivity index (χ0n) is 8.22. The second-order valence-electron chi connectivity index (χ2n) is 3.27.